The van der Waals surface area contributed by atoms with E-state index in [0.29, 0.717) is 11.3 Å². The van der Waals surface area contributed by atoms with Gasteiger partial charge in [-0.05, 0) is 24.3 Å². The predicted molar refractivity (Wildman–Crippen MR) is 60.9 cm³/mol. The number of aromatic nitrogens is 2. The van der Waals surface area contributed by atoms with Crippen LogP contribution in [0.15, 0.2) is 30.5 Å². The zero-order chi connectivity index (χ0) is 13.1. The molecule has 0 radical (unpaired) electrons. The molecule has 0 aliphatic carbocycles. The number of rotatable bonds is 3. The van der Waals surface area contributed by atoms with Crippen LogP contribution in [0.5, 0.6) is 5.75 Å². The maximum atomic E-state index is 13.5. The molecule has 1 aromatic carbocycles. The normalized spacial score (nSPS) is 10.1. The molecule has 0 saturated heterocycles. The summed E-state index contributed by atoms with van der Waals surface area (Å²) in [7, 11) is 1.37. The van der Waals surface area contributed by atoms with E-state index in [0.717, 1.165) is 0 Å². The van der Waals surface area contributed by atoms with Crippen LogP contribution in [-0.2, 0) is 0 Å². The van der Waals surface area contributed by atoms with E-state index in [1.807, 2.05) is 0 Å². The van der Waals surface area contributed by atoms with Crippen molar-refractivity contribution in [1.82, 2.24) is 9.97 Å². The highest BCUT2D eigenvalue weighted by Gasteiger charge is 2.10. The second-order valence-corrected chi connectivity index (χ2v) is 3.42. The molecule has 6 heteroatoms. The van der Waals surface area contributed by atoms with Gasteiger partial charge in [0.05, 0.1) is 12.8 Å². The van der Waals surface area contributed by atoms with Gasteiger partial charge in [-0.2, -0.15) is 0 Å². The van der Waals surface area contributed by atoms with Crippen LogP contribution in [0.2, 0.25) is 0 Å². The van der Waals surface area contributed by atoms with Crippen LogP contribution in [-0.4, -0.2) is 28.2 Å². The molecule has 1 N–H and O–H groups in total. The molecular weight excluding hydrogens is 239 g/mol. The van der Waals surface area contributed by atoms with Gasteiger partial charge in [0.25, 0.3) is 0 Å². The molecule has 18 heavy (non-hydrogen) atoms. The summed E-state index contributed by atoms with van der Waals surface area (Å²) in [6.07, 6.45) is 1.31. The van der Waals surface area contributed by atoms with E-state index in [-0.39, 0.29) is 11.6 Å². The van der Waals surface area contributed by atoms with Gasteiger partial charge in [0.1, 0.15) is 0 Å². The van der Waals surface area contributed by atoms with Crippen LogP contribution in [0.25, 0.3) is 11.3 Å². The summed E-state index contributed by atoms with van der Waals surface area (Å²) in [5, 5.41) is 8.77. The van der Waals surface area contributed by atoms with E-state index < -0.39 is 11.8 Å². The minimum Gasteiger partial charge on any atom is -0.494 e. The van der Waals surface area contributed by atoms with E-state index in [9.17, 15) is 9.18 Å². The van der Waals surface area contributed by atoms with Crippen LogP contribution in [0.4, 0.5) is 4.39 Å². The molecule has 2 aromatic rings. The highest BCUT2D eigenvalue weighted by Crippen LogP contribution is 2.23. The highest BCUT2D eigenvalue weighted by molar-refractivity contribution is 5.83. The summed E-state index contributed by atoms with van der Waals surface area (Å²) in [6.45, 7) is 0. The van der Waals surface area contributed by atoms with Gasteiger partial charge in [0.15, 0.2) is 11.6 Å². The maximum Gasteiger partial charge on any atom is 0.373 e. The van der Waals surface area contributed by atoms with E-state index >= 15 is 0 Å². The van der Waals surface area contributed by atoms with E-state index in [1.54, 1.807) is 6.07 Å². The van der Waals surface area contributed by atoms with Gasteiger partial charge in [0.2, 0.25) is 5.82 Å². The van der Waals surface area contributed by atoms with Crippen molar-refractivity contribution in [2.75, 3.05) is 7.11 Å². The molecule has 0 saturated carbocycles. The van der Waals surface area contributed by atoms with Crippen LogP contribution in [0.3, 0.4) is 0 Å². The molecule has 0 aliphatic heterocycles. The number of aromatic carboxylic acids is 1. The number of carboxylic acid groups (broad SMARTS) is 1. The van der Waals surface area contributed by atoms with Gasteiger partial charge in [-0.1, -0.05) is 0 Å². The smallest absolute Gasteiger partial charge is 0.373 e. The van der Waals surface area contributed by atoms with Crippen LogP contribution < -0.4 is 4.74 Å². The lowest BCUT2D eigenvalue weighted by Gasteiger charge is -2.05. The molecular formula is C12H9FN2O3. The summed E-state index contributed by atoms with van der Waals surface area (Å²) in [5.41, 5.74) is 0.794. The fraction of sp³-hybridized carbons (Fsp3) is 0.0833. The number of ether oxygens (including phenoxy) is 1. The van der Waals surface area contributed by atoms with Crippen LogP contribution in [0.1, 0.15) is 10.6 Å². The topological polar surface area (TPSA) is 72.3 Å². The van der Waals surface area contributed by atoms with E-state index in [4.69, 9.17) is 9.84 Å². The zero-order valence-electron chi connectivity index (χ0n) is 9.42. The molecule has 5 nitrogen and oxygen atoms in total. The lowest BCUT2D eigenvalue weighted by molar-refractivity contribution is 0.0683. The summed E-state index contributed by atoms with van der Waals surface area (Å²) in [6, 6.07) is 5.78. The quantitative estimate of drug-likeness (QED) is 0.899. The standard InChI is InChI=1S/C12H9FN2O3/c1-18-10-3-2-7(6-8(10)13)9-4-5-14-11(15-9)12(16)17/h2-6H,1H3,(H,16,17). The maximum absolute atomic E-state index is 13.5. The molecule has 2 rings (SSSR count). The first-order chi connectivity index (χ1) is 8.61. The van der Waals surface area contributed by atoms with Gasteiger partial charge in [-0.3, -0.25) is 0 Å². The van der Waals surface area contributed by atoms with E-state index in [1.165, 1.54) is 31.5 Å². The average molecular weight is 248 g/mol. The van der Waals surface area contributed by atoms with Crippen molar-refractivity contribution in [1.29, 1.82) is 0 Å². The number of hydrogen-bond acceptors (Lipinski definition) is 4. The number of methoxy groups -OCH3 is 1. The lowest BCUT2D eigenvalue weighted by atomic mass is 10.1. The Bertz CT molecular complexity index is 602. The highest BCUT2D eigenvalue weighted by atomic mass is 19.1. The molecule has 92 valence electrons. The summed E-state index contributed by atoms with van der Waals surface area (Å²) in [5.74, 6) is -1.98. The minimum absolute atomic E-state index is 0.117. The number of carboxylic acids is 1. The Kier molecular flexibility index (Phi) is 3.18. The second-order valence-electron chi connectivity index (χ2n) is 3.42. The summed E-state index contributed by atoms with van der Waals surface area (Å²) >= 11 is 0. The van der Waals surface area contributed by atoms with E-state index in [2.05, 4.69) is 9.97 Å². The monoisotopic (exact) mass is 248 g/mol. The Labute approximate surface area is 102 Å². The molecule has 0 atom stereocenters. The fourth-order valence-corrected chi connectivity index (χ4v) is 1.45. The molecule has 1 aromatic heterocycles. The average Bonchev–Trinajstić information content (AvgIpc) is 2.38. The third-order valence-corrected chi connectivity index (χ3v) is 2.29. The largest absolute Gasteiger partial charge is 0.494 e. The van der Waals surface area contributed by atoms with Crippen LogP contribution >= 0.6 is 0 Å². The first kappa shape index (κ1) is 12.0. The Balaban J connectivity index is 2.45. The Hall–Kier alpha value is -2.50. The molecule has 0 amide bonds. The first-order valence-electron chi connectivity index (χ1n) is 5.02. The van der Waals surface area contributed by atoms with Crippen molar-refractivity contribution in [3.8, 4) is 17.0 Å². The SMILES string of the molecule is COc1ccc(-c2ccnc(C(=O)O)n2)cc1F. The van der Waals surface area contributed by atoms with Crippen LogP contribution in [0, 0.1) is 5.82 Å². The molecule has 0 spiro atoms. The van der Waals surface area contributed by atoms with Gasteiger partial charge >= 0.3 is 5.97 Å². The fourth-order valence-electron chi connectivity index (χ4n) is 1.45. The van der Waals surface area contributed by atoms with Crippen molar-refractivity contribution >= 4 is 5.97 Å². The zero-order valence-corrected chi connectivity index (χ0v) is 9.42. The van der Waals surface area contributed by atoms with Crippen molar-refractivity contribution in [2.45, 2.75) is 0 Å². The first-order valence-corrected chi connectivity index (χ1v) is 5.02. The molecule has 0 bridgehead atoms. The predicted octanol–water partition coefficient (Wildman–Crippen LogP) is 1.99. The number of hydrogen-bond donors (Lipinski definition) is 1. The summed E-state index contributed by atoms with van der Waals surface area (Å²) < 4.78 is 18.3. The van der Waals surface area contributed by atoms with Gasteiger partial charge in [-0.15, -0.1) is 0 Å². The molecule has 0 aliphatic rings. The Morgan fingerprint density at radius 3 is 2.78 bits per heavy atom. The lowest BCUT2D eigenvalue weighted by Crippen LogP contribution is -2.04. The van der Waals surface area contributed by atoms with Gasteiger partial charge < -0.3 is 9.84 Å². The van der Waals surface area contributed by atoms with Crippen molar-refractivity contribution in [3.63, 3.8) is 0 Å². The molecule has 0 fully saturated rings. The number of benzene rings is 1. The summed E-state index contributed by atoms with van der Waals surface area (Å²) in [4.78, 5) is 18.1. The Morgan fingerprint density at radius 1 is 1.39 bits per heavy atom. The number of nitrogens with zero attached hydrogens (tertiary/aromatic N) is 2. The van der Waals surface area contributed by atoms with Crippen molar-refractivity contribution < 1.29 is 19.0 Å². The molecule has 0 unspecified atom stereocenters. The van der Waals surface area contributed by atoms with Crippen molar-refractivity contribution in [2.24, 2.45) is 0 Å². The van der Waals surface area contributed by atoms with Gasteiger partial charge in [0, 0.05) is 11.8 Å². The number of carbonyl (C=O) groups is 1. The minimum atomic E-state index is -1.23. The van der Waals surface area contributed by atoms with Gasteiger partial charge in [-0.25, -0.2) is 19.2 Å². The molecule has 1 heterocycles. The number of halogens is 1. The second kappa shape index (κ2) is 4.79. The third-order valence-electron chi connectivity index (χ3n) is 2.29. The van der Waals surface area contributed by atoms with Crippen molar-refractivity contribution in [3.05, 3.63) is 42.1 Å². The third kappa shape index (κ3) is 2.27. The Morgan fingerprint density at radius 2 is 2.17 bits per heavy atom.